The van der Waals surface area contributed by atoms with Crippen molar-refractivity contribution in [1.29, 1.82) is 0 Å². The predicted octanol–water partition coefficient (Wildman–Crippen LogP) is 6.51. The summed E-state index contributed by atoms with van der Waals surface area (Å²) in [6, 6.07) is 26.7. The lowest BCUT2D eigenvalue weighted by molar-refractivity contribution is 0.0909. The second kappa shape index (κ2) is 22.8. The Morgan fingerprint density at radius 3 is 1.63 bits per heavy atom. The van der Waals surface area contributed by atoms with Gasteiger partial charge in [-0.2, -0.15) is 0 Å². The van der Waals surface area contributed by atoms with E-state index in [9.17, 15) is 4.79 Å². The molecular formula is C45H58Cl2N6O7. The summed E-state index contributed by atoms with van der Waals surface area (Å²) in [5.74, 6) is 4.09. The second-order valence-corrected chi connectivity index (χ2v) is 16.3. The summed E-state index contributed by atoms with van der Waals surface area (Å²) in [5, 5.41) is 7.35. The van der Waals surface area contributed by atoms with E-state index in [4.69, 9.17) is 63.1 Å². The van der Waals surface area contributed by atoms with Crippen LogP contribution in [0.2, 0.25) is 10.0 Å². The molecule has 0 aromatic heterocycles. The number of hydrogen-bond donors (Lipinski definition) is 4. The number of benzene rings is 4. The molecule has 4 aromatic carbocycles. The van der Waals surface area contributed by atoms with Gasteiger partial charge in [0.05, 0.1) is 6.54 Å². The van der Waals surface area contributed by atoms with Crippen molar-refractivity contribution in [3.63, 3.8) is 0 Å². The van der Waals surface area contributed by atoms with Crippen LogP contribution >= 0.6 is 23.2 Å². The fourth-order valence-electron chi connectivity index (χ4n) is 6.71. The first-order chi connectivity index (χ1) is 29.1. The summed E-state index contributed by atoms with van der Waals surface area (Å²) in [4.78, 5) is 16.8. The molecule has 4 heterocycles. The lowest BCUT2D eigenvalue weighted by atomic mass is 10.1. The molecule has 0 spiro atoms. The van der Waals surface area contributed by atoms with E-state index >= 15 is 0 Å². The molecule has 8 rings (SSSR count). The largest absolute Gasteiger partial charge is 0.489 e. The number of likely N-dealkylation sites (tertiary alicyclic amines) is 2. The quantitative estimate of drug-likeness (QED) is 0.138. The molecule has 6 N–H and O–H groups in total. The van der Waals surface area contributed by atoms with Gasteiger partial charge < -0.3 is 60.3 Å². The molecule has 0 radical (unpaired) electrons. The molecule has 13 nitrogen and oxygen atoms in total. The van der Waals surface area contributed by atoms with Crippen molar-refractivity contribution in [3.05, 3.63) is 106 Å². The molecule has 0 unspecified atom stereocenters. The van der Waals surface area contributed by atoms with Crippen LogP contribution in [-0.4, -0.2) is 107 Å². The zero-order valence-corrected chi connectivity index (χ0v) is 36.0. The van der Waals surface area contributed by atoms with Crippen LogP contribution in [0.1, 0.15) is 36.8 Å². The third kappa shape index (κ3) is 14.5. The van der Waals surface area contributed by atoms with E-state index in [1.165, 1.54) is 25.9 Å². The number of nitrogens with zero attached hydrogens (tertiary/aromatic N) is 2. The van der Waals surface area contributed by atoms with Crippen molar-refractivity contribution < 1.29 is 33.2 Å². The van der Waals surface area contributed by atoms with Gasteiger partial charge in [0.25, 0.3) is 0 Å². The number of rotatable bonds is 10. The lowest BCUT2D eigenvalue weighted by Gasteiger charge is -2.30. The number of urea groups is 1. The number of hydrogen-bond acceptors (Lipinski definition) is 11. The molecule has 2 saturated heterocycles. The van der Waals surface area contributed by atoms with Crippen LogP contribution in [0.25, 0.3) is 0 Å². The maximum absolute atomic E-state index is 12.2. The summed E-state index contributed by atoms with van der Waals surface area (Å²) < 4.78 is 34.8. The van der Waals surface area contributed by atoms with E-state index in [-0.39, 0.29) is 24.3 Å². The maximum Gasteiger partial charge on any atom is 0.315 e. The molecule has 0 bridgehead atoms. The molecule has 2 fully saturated rings. The topological polar surface area (TPSA) is 155 Å². The van der Waals surface area contributed by atoms with Crippen LogP contribution < -0.4 is 50.5 Å². The summed E-state index contributed by atoms with van der Waals surface area (Å²) in [6.45, 7) is 6.93. The van der Waals surface area contributed by atoms with Gasteiger partial charge in [-0.25, -0.2) is 4.79 Å². The number of carbonyl (C=O) groups excluding carboxylic acids is 1. The van der Waals surface area contributed by atoms with E-state index in [1.54, 1.807) is 0 Å². The minimum atomic E-state index is -0.262. The van der Waals surface area contributed by atoms with Gasteiger partial charge in [0.15, 0.2) is 29.1 Å². The number of halogens is 2. The highest BCUT2D eigenvalue weighted by atomic mass is 35.5. The monoisotopic (exact) mass is 864 g/mol. The fraction of sp³-hybridized carbons (Fsp3) is 0.444. The Bertz CT molecular complexity index is 1920. The lowest BCUT2D eigenvalue weighted by Crippen LogP contribution is -2.49. The highest BCUT2D eigenvalue weighted by Gasteiger charge is 2.24. The number of piperidine rings is 2. The Hall–Kier alpha value is -4.63. The Morgan fingerprint density at radius 2 is 1.15 bits per heavy atom. The molecule has 60 heavy (non-hydrogen) atoms. The second-order valence-electron chi connectivity index (χ2n) is 15.5. The van der Waals surface area contributed by atoms with Crippen molar-refractivity contribution in [3.8, 4) is 34.5 Å². The summed E-state index contributed by atoms with van der Waals surface area (Å²) in [6.07, 6.45) is 3.93. The average Bonchev–Trinajstić information content (AvgIpc) is 3.27. The van der Waals surface area contributed by atoms with Crippen molar-refractivity contribution >= 4 is 29.2 Å². The van der Waals surface area contributed by atoms with Crippen molar-refractivity contribution in [2.24, 2.45) is 11.5 Å². The highest BCUT2D eigenvalue weighted by Crippen LogP contribution is 2.36. The van der Waals surface area contributed by atoms with E-state index in [0.29, 0.717) is 78.6 Å². The Balaban J connectivity index is 0.000000178. The Kier molecular flexibility index (Phi) is 17.1. The van der Waals surface area contributed by atoms with E-state index in [2.05, 4.69) is 34.5 Å². The van der Waals surface area contributed by atoms with E-state index in [0.717, 1.165) is 48.6 Å². The van der Waals surface area contributed by atoms with Crippen LogP contribution in [0.4, 0.5) is 4.79 Å². The van der Waals surface area contributed by atoms with Gasteiger partial charge in [0, 0.05) is 40.8 Å². The molecule has 0 aliphatic carbocycles. The Morgan fingerprint density at radius 1 is 0.683 bits per heavy atom. The number of nitrogens with two attached hydrogens (primary N) is 2. The van der Waals surface area contributed by atoms with Gasteiger partial charge in [-0.15, -0.1) is 0 Å². The third-order valence-electron chi connectivity index (χ3n) is 10.5. The van der Waals surface area contributed by atoms with Gasteiger partial charge in [-0.05, 0) is 126 Å². The summed E-state index contributed by atoms with van der Waals surface area (Å²) >= 11 is 11.8. The van der Waals surface area contributed by atoms with Gasteiger partial charge in [-0.3, -0.25) is 0 Å². The normalized spacial score (nSPS) is 19.1. The number of amides is 2. The highest BCUT2D eigenvalue weighted by molar-refractivity contribution is 6.30. The van der Waals surface area contributed by atoms with Crippen LogP contribution in [-0.2, 0) is 13.2 Å². The molecule has 4 aromatic rings. The smallest absolute Gasteiger partial charge is 0.315 e. The molecule has 2 atom stereocenters. The number of nitrogens with one attached hydrogen (secondary N) is 2. The van der Waals surface area contributed by atoms with Crippen LogP contribution in [0.3, 0.4) is 0 Å². The van der Waals surface area contributed by atoms with Crippen molar-refractivity contribution in [2.45, 2.75) is 63.2 Å². The van der Waals surface area contributed by atoms with Crippen molar-refractivity contribution in [2.75, 3.05) is 66.6 Å². The van der Waals surface area contributed by atoms with E-state index < -0.39 is 0 Å². The first-order valence-corrected chi connectivity index (χ1v) is 21.3. The van der Waals surface area contributed by atoms with Gasteiger partial charge in [0.1, 0.15) is 44.0 Å². The predicted molar refractivity (Wildman–Crippen MR) is 235 cm³/mol. The first kappa shape index (κ1) is 44.9. The number of fused-ring (bicyclic) bond motifs is 2. The van der Waals surface area contributed by atoms with Crippen LogP contribution in [0.15, 0.2) is 84.9 Å². The number of ether oxygens (including phenoxy) is 6. The van der Waals surface area contributed by atoms with Crippen LogP contribution in [0.5, 0.6) is 34.5 Å². The zero-order chi connectivity index (χ0) is 42.3. The van der Waals surface area contributed by atoms with E-state index in [1.807, 2.05) is 84.9 Å². The molecule has 0 saturated carbocycles. The van der Waals surface area contributed by atoms with Crippen molar-refractivity contribution in [1.82, 2.24) is 20.4 Å². The summed E-state index contributed by atoms with van der Waals surface area (Å²) in [7, 11) is 4.24. The molecule has 4 aliphatic rings. The van der Waals surface area contributed by atoms with Crippen LogP contribution in [0, 0.1) is 0 Å². The van der Waals surface area contributed by atoms with Gasteiger partial charge in [0.2, 0.25) is 0 Å². The molecule has 324 valence electrons. The fourth-order valence-corrected chi connectivity index (χ4v) is 6.96. The maximum atomic E-state index is 12.2. The SMILES string of the molecule is CN1CCC(N)CC1.CN1CCC(NC(=O)NC[C@@H]2COc3ccc(OCc4ccc(Cl)cc4)cc3O2)CC1.NC[C@@H]1COc2ccc(OCc3ccc(Cl)cc3)cc2O1. The first-order valence-electron chi connectivity index (χ1n) is 20.6. The minimum absolute atomic E-state index is 0.107. The molecular weight excluding hydrogens is 807 g/mol. The van der Waals surface area contributed by atoms with Gasteiger partial charge >= 0.3 is 6.03 Å². The Labute approximate surface area is 363 Å². The zero-order valence-electron chi connectivity index (χ0n) is 34.5. The van der Waals surface area contributed by atoms with Gasteiger partial charge in [-0.1, -0.05) is 47.5 Å². The minimum Gasteiger partial charge on any atom is -0.489 e. The standard InChI is InChI=1S/C23H28ClN3O4.C16H16ClNO3.C6H14N2/c1-27-10-8-18(9-11-27)26-23(28)25-13-20-15-30-21-7-6-19(12-22(21)31-20)29-14-16-2-4-17(24)5-3-16;17-12-3-1-11(2-4-12)9-19-13-5-6-15-16(7-13)21-14(8-18)10-20-15;1-8-4-2-6(7)3-5-8/h2-7,12,18,20H,8-11,13-15H2,1H3,(H2,25,26,28);1-7,14H,8-10,18H2;6H,2-5,7H2,1H3/t20-;14-;/m11./s1. The molecule has 15 heteroatoms. The number of carbonyl (C=O) groups is 1. The molecule has 2 amide bonds. The third-order valence-corrected chi connectivity index (χ3v) is 11.0. The summed E-state index contributed by atoms with van der Waals surface area (Å²) in [5.41, 5.74) is 13.3. The molecule has 4 aliphatic heterocycles. The average molecular weight is 866 g/mol.